The fraction of sp³-hybridized carbons (Fsp3) is 0.174. The summed E-state index contributed by atoms with van der Waals surface area (Å²) < 4.78 is 0. The molecule has 148 heavy (non-hydrogen) atoms. The van der Waals surface area contributed by atoms with E-state index in [1.54, 1.807) is 0 Å². The fourth-order valence-electron chi connectivity index (χ4n) is 21.4. The second-order valence-corrected chi connectivity index (χ2v) is 40.0. The molecular weight excluding hydrogens is 2130 g/mol. The monoisotopic (exact) mass is 2270 g/mol. The van der Waals surface area contributed by atoms with Crippen LogP contribution in [0.3, 0.4) is 0 Å². The Balaban J connectivity index is 0.000000175. The maximum Gasteiger partial charge on any atom is 4.00 e. The van der Waals surface area contributed by atoms with E-state index in [0.29, 0.717) is 49.2 Å². The van der Waals surface area contributed by atoms with Gasteiger partial charge >= 0.3 is 51.7 Å². The van der Waals surface area contributed by atoms with Gasteiger partial charge < -0.3 is 40.0 Å². The van der Waals surface area contributed by atoms with E-state index >= 15 is 0 Å². The molecule has 4 aliphatic carbocycles. The number of benzene rings is 18. The van der Waals surface area contributed by atoms with Crippen LogP contribution in [-0.4, -0.2) is 94.4 Å². The zero-order chi connectivity index (χ0) is 103. The largest absolute Gasteiger partial charge is 4.00 e. The van der Waals surface area contributed by atoms with Crippen LogP contribution >= 0.6 is 0 Å². The molecule has 8 nitrogen and oxygen atoms in total. The summed E-state index contributed by atoms with van der Waals surface area (Å²) >= 11 is 0. The molecule has 0 radical (unpaired) electrons. The quantitative estimate of drug-likeness (QED) is 0.0499. The van der Waals surface area contributed by atoms with Crippen molar-refractivity contribution in [3.63, 3.8) is 0 Å². The maximum atomic E-state index is 12.0. The van der Waals surface area contributed by atoms with E-state index in [9.17, 15) is 20.4 Å². The van der Waals surface area contributed by atoms with Crippen molar-refractivity contribution >= 4 is 0 Å². The number of phenols is 4. The van der Waals surface area contributed by atoms with Gasteiger partial charge in [0.25, 0.3) is 0 Å². The molecule has 10 heteroatoms. The molecule has 740 valence electrons. The average molecular weight is 2270 g/mol. The van der Waals surface area contributed by atoms with Gasteiger partial charge in [0.2, 0.25) is 0 Å². The molecule has 0 fully saturated rings. The molecule has 18 aromatic rings. The summed E-state index contributed by atoms with van der Waals surface area (Å²) in [6.45, 7) is 45.6. The van der Waals surface area contributed by atoms with E-state index in [2.05, 4.69) is 387 Å². The van der Waals surface area contributed by atoms with E-state index < -0.39 is 21.7 Å². The van der Waals surface area contributed by atoms with Crippen molar-refractivity contribution in [1.82, 2.24) is 19.6 Å². The van der Waals surface area contributed by atoms with Crippen LogP contribution in [0.5, 0.6) is 23.0 Å². The second kappa shape index (κ2) is 50.6. The van der Waals surface area contributed by atoms with Crippen molar-refractivity contribution in [3.8, 4) is 67.5 Å². The first-order valence-corrected chi connectivity index (χ1v) is 50.5. The number of nitrogens with zero attached hydrogens (tertiary/aromatic N) is 4. The van der Waals surface area contributed by atoms with Gasteiger partial charge in [0.1, 0.15) is 23.0 Å². The average Bonchev–Trinajstić information content (AvgIpc) is 1.57. The van der Waals surface area contributed by atoms with Crippen LogP contribution in [0.1, 0.15) is 172 Å². The summed E-state index contributed by atoms with van der Waals surface area (Å²) in [5.41, 5.74) is 36.5. The third kappa shape index (κ3) is 25.2. The smallest absolute Gasteiger partial charge is 0.507 e. The molecule has 0 unspecified atom stereocenters. The topological polar surface area (TPSA) is 93.9 Å². The van der Waals surface area contributed by atoms with Crippen LogP contribution in [0.25, 0.3) is 44.5 Å². The SMILES string of the molecule is Cc1cc(CN(C)CCN(C)Cc2cc(C)cc(C3(C)c4ccccc4-c4ccccc43)c2O)c(O)c(C2(C)c3ccccc3-c3ccccc32)c1.Cc1cc(CN(C)CCN(C)Cc2cc(C)cc(C3(C)c4ccccc4-c4ccccc43)c2O)c(O)c(C2(C)c3ccccc3-c3ccccc32)c1.[CH2-]c1ccccc1.[CH2-]c1ccccc1.[CH2-]c1ccccc1.[CH2-]c1ccccc1.[CH2-]c1ccccc1.[CH2-]c1ccccc1.[Hf+4].[Hf+4]. The van der Waals surface area contributed by atoms with Crippen molar-refractivity contribution in [1.29, 1.82) is 0 Å². The van der Waals surface area contributed by atoms with E-state index in [1.807, 2.05) is 182 Å². The number of phenolic OH excluding ortho intramolecular Hbond substituents is 4. The third-order valence-electron chi connectivity index (χ3n) is 28.9. The van der Waals surface area contributed by atoms with Crippen LogP contribution in [-0.2, 0) is 99.5 Å². The zero-order valence-corrected chi connectivity index (χ0v) is 95.1. The summed E-state index contributed by atoms with van der Waals surface area (Å²) in [7, 11) is 8.48. The molecule has 0 atom stereocenters. The molecule has 18 aromatic carbocycles. The van der Waals surface area contributed by atoms with Gasteiger partial charge in [-0.2, -0.15) is 148 Å². The Labute approximate surface area is 919 Å². The van der Waals surface area contributed by atoms with Gasteiger partial charge in [0.15, 0.2) is 0 Å². The molecule has 0 amide bonds. The predicted molar refractivity (Wildman–Crippen MR) is 612 cm³/mol. The minimum atomic E-state index is -0.453. The molecule has 0 bridgehead atoms. The number of hydrogen-bond donors (Lipinski definition) is 4. The number of rotatable bonds is 18. The Morgan fingerprint density at radius 1 is 0.182 bits per heavy atom. The normalized spacial score (nSPS) is 12.8. The van der Waals surface area contributed by atoms with E-state index in [0.717, 1.165) is 126 Å². The van der Waals surface area contributed by atoms with Gasteiger partial charge in [-0.25, -0.2) is 0 Å². The Morgan fingerprint density at radius 3 is 0.426 bits per heavy atom. The summed E-state index contributed by atoms with van der Waals surface area (Å²) in [6.07, 6.45) is 0. The first-order chi connectivity index (χ1) is 70.4. The zero-order valence-electron chi connectivity index (χ0n) is 87.9. The Morgan fingerprint density at radius 2 is 0.304 bits per heavy atom. The molecule has 0 spiro atoms. The van der Waals surface area contributed by atoms with E-state index in [1.165, 1.54) is 89.0 Å². The molecular formula is C138H138Hf2N4O4+2. The first-order valence-electron chi connectivity index (χ1n) is 50.5. The summed E-state index contributed by atoms with van der Waals surface area (Å²) in [4.78, 5) is 9.12. The second-order valence-electron chi connectivity index (χ2n) is 40.0. The van der Waals surface area contributed by atoms with Crippen LogP contribution < -0.4 is 0 Å². The summed E-state index contributed by atoms with van der Waals surface area (Å²) in [5.74, 6) is 1.50. The third-order valence-corrected chi connectivity index (χ3v) is 28.9. The number of likely N-dealkylation sites (N-methyl/N-ethyl adjacent to an activating group) is 4. The molecule has 0 aromatic heterocycles. The molecule has 0 saturated carbocycles. The number of aryl methyl sites for hydroxylation is 4. The minimum absolute atomic E-state index is 0. The Bertz CT molecular complexity index is 6310. The van der Waals surface area contributed by atoms with Gasteiger partial charge in [0, 0.05) is 119 Å². The molecule has 0 aliphatic heterocycles. The minimum Gasteiger partial charge on any atom is -0.507 e. The maximum absolute atomic E-state index is 12.0. The van der Waals surface area contributed by atoms with Gasteiger partial charge in [0.05, 0.1) is 0 Å². The predicted octanol–water partition coefficient (Wildman–Crippen LogP) is 31.1. The Hall–Kier alpha value is -14.0. The number of fused-ring (bicyclic) bond motifs is 12. The Kier molecular flexibility index (Phi) is 38.0. The van der Waals surface area contributed by atoms with Crippen molar-refractivity contribution < 1.29 is 72.1 Å². The molecule has 0 saturated heterocycles. The standard InChI is InChI=1S/2C48H48N2O2.6C7H7.2Hf/c2*1-31-25-33(45(51)43(27-31)47(3)39-19-11-7-15-35(39)36-16-8-12-20-40(36)47)29-49(5)23-24-50(6)30-34-26-32(2)28-44(46(34)52)48(4)41-21-13-9-17-37(41)38-18-10-14-22-42(38)48;6*1-7-5-3-2-4-6-7;;/h2*7-22,25-28,51-52H,23-24,29-30H2,1-6H3;6*2-6H,1H2;;/q;;6*-1;2*+4. The van der Waals surface area contributed by atoms with Crippen molar-refractivity contribution in [2.75, 3.05) is 54.4 Å². The van der Waals surface area contributed by atoms with Crippen molar-refractivity contribution in [2.45, 2.75) is 103 Å². The fourth-order valence-corrected chi connectivity index (χ4v) is 21.4. The van der Waals surface area contributed by atoms with Crippen LogP contribution in [0.2, 0.25) is 0 Å². The first kappa shape index (κ1) is 111. The van der Waals surface area contributed by atoms with Crippen molar-refractivity contribution in [2.24, 2.45) is 0 Å². The number of hydrogen-bond acceptors (Lipinski definition) is 8. The number of aromatic hydroxyl groups is 4. The van der Waals surface area contributed by atoms with Gasteiger partial charge in [-0.1, -0.05) is 301 Å². The van der Waals surface area contributed by atoms with Crippen LogP contribution in [0, 0.1) is 69.2 Å². The molecule has 0 heterocycles. The van der Waals surface area contributed by atoms with E-state index in [-0.39, 0.29) is 51.7 Å². The summed E-state index contributed by atoms with van der Waals surface area (Å²) in [6, 6.07) is 145. The van der Waals surface area contributed by atoms with E-state index in [4.69, 9.17) is 0 Å². The molecule has 22 rings (SSSR count). The van der Waals surface area contributed by atoms with Gasteiger partial charge in [-0.3, -0.25) is 0 Å². The van der Waals surface area contributed by atoms with Crippen molar-refractivity contribution in [3.05, 3.63) is 611 Å². The summed E-state index contributed by atoms with van der Waals surface area (Å²) in [5, 5.41) is 47.8. The molecule has 4 aliphatic rings. The molecule has 4 N–H and O–H groups in total. The van der Waals surface area contributed by atoms with Gasteiger partial charge in [-0.05, 0) is 173 Å². The van der Waals surface area contributed by atoms with Gasteiger partial charge in [-0.15, -0.1) is 72.8 Å². The van der Waals surface area contributed by atoms with Crippen LogP contribution in [0.4, 0.5) is 0 Å². The van der Waals surface area contributed by atoms with Crippen LogP contribution in [0.15, 0.2) is 425 Å².